The number of thioether (sulfide) groups is 1. The van der Waals surface area contributed by atoms with Gasteiger partial charge in [-0.1, -0.05) is 11.8 Å². The van der Waals surface area contributed by atoms with E-state index in [0.717, 1.165) is 34.3 Å². The third-order valence-electron chi connectivity index (χ3n) is 4.63. The first-order valence-corrected chi connectivity index (χ1v) is 10.6. The van der Waals surface area contributed by atoms with Gasteiger partial charge in [0.25, 0.3) is 0 Å². The standard InChI is InChI=1S/C21H30N4OS/c1-7-25(14(2)3)18-10-8-17(9-11-18)24-20(26)13-12-19-15(4)22-21(27-6)23-16(19)5/h8-11,14H,7,12-13H2,1-6H3,(H,24,26). The van der Waals surface area contributed by atoms with Crippen LogP contribution in [0.25, 0.3) is 0 Å². The van der Waals surface area contributed by atoms with Gasteiger partial charge in [0.15, 0.2) is 5.16 Å². The number of hydrogen-bond acceptors (Lipinski definition) is 5. The van der Waals surface area contributed by atoms with E-state index in [0.29, 0.717) is 18.9 Å². The minimum Gasteiger partial charge on any atom is -0.369 e. The van der Waals surface area contributed by atoms with Gasteiger partial charge in [-0.3, -0.25) is 4.79 Å². The third kappa shape index (κ3) is 5.70. The van der Waals surface area contributed by atoms with Crippen LogP contribution in [0.2, 0.25) is 0 Å². The predicted octanol–water partition coefficient (Wildman–Crippen LogP) is 4.62. The van der Waals surface area contributed by atoms with Crippen molar-refractivity contribution >= 4 is 29.0 Å². The van der Waals surface area contributed by atoms with Gasteiger partial charge in [-0.25, -0.2) is 9.97 Å². The van der Waals surface area contributed by atoms with Gasteiger partial charge in [0.05, 0.1) is 0 Å². The molecule has 1 N–H and O–H groups in total. The Morgan fingerprint density at radius 3 is 2.22 bits per heavy atom. The van der Waals surface area contributed by atoms with Crippen LogP contribution in [0.5, 0.6) is 0 Å². The number of carbonyl (C=O) groups excluding carboxylic acids is 1. The first kappa shape index (κ1) is 21.2. The molecule has 146 valence electrons. The summed E-state index contributed by atoms with van der Waals surface area (Å²) in [6, 6.07) is 8.49. The largest absolute Gasteiger partial charge is 0.369 e. The van der Waals surface area contributed by atoms with Gasteiger partial charge in [-0.15, -0.1) is 0 Å². The molecule has 0 bridgehead atoms. The lowest BCUT2D eigenvalue weighted by Crippen LogP contribution is -2.30. The Hall–Kier alpha value is -2.08. The summed E-state index contributed by atoms with van der Waals surface area (Å²) in [5, 5.41) is 3.76. The molecule has 0 radical (unpaired) electrons. The average Bonchev–Trinajstić information content (AvgIpc) is 2.62. The average molecular weight is 387 g/mol. The highest BCUT2D eigenvalue weighted by Gasteiger charge is 2.12. The molecule has 0 fully saturated rings. The molecule has 1 amide bonds. The number of anilines is 2. The highest BCUT2D eigenvalue weighted by Crippen LogP contribution is 2.21. The summed E-state index contributed by atoms with van der Waals surface area (Å²) in [5.74, 6) is 0.00620. The van der Waals surface area contributed by atoms with Gasteiger partial charge in [0, 0.05) is 41.8 Å². The maximum Gasteiger partial charge on any atom is 0.224 e. The Balaban J connectivity index is 1.96. The van der Waals surface area contributed by atoms with Gasteiger partial charge in [-0.2, -0.15) is 0 Å². The van der Waals surface area contributed by atoms with E-state index in [1.54, 1.807) is 0 Å². The number of carbonyl (C=O) groups is 1. The fourth-order valence-electron chi connectivity index (χ4n) is 3.21. The first-order valence-electron chi connectivity index (χ1n) is 9.40. The Labute approximate surface area is 167 Å². The van der Waals surface area contributed by atoms with Crippen molar-refractivity contribution in [2.45, 2.75) is 58.7 Å². The number of nitrogens with one attached hydrogen (secondary N) is 1. The van der Waals surface area contributed by atoms with E-state index in [-0.39, 0.29) is 5.91 Å². The second-order valence-electron chi connectivity index (χ2n) is 6.83. The lowest BCUT2D eigenvalue weighted by Gasteiger charge is -2.27. The van der Waals surface area contributed by atoms with E-state index in [9.17, 15) is 4.79 Å². The van der Waals surface area contributed by atoms with Crippen LogP contribution in [0.15, 0.2) is 29.4 Å². The van der Waals surface area contributed by atoms with Crippen molar-refractivity contribution in [2.24, 2.45) is 0 Å². The molecule has 0 saturated carbocycles. The topological polar surface area (TPSA) is 58.1 Å². The molecule has 27 heavy (non-hydrogen) atoms. The van der Waals surface area contributed by atoms with Crippen LogP contribution in [0.3, 0.4) is 0 Å². The van der Waals surface area contributed by atoms with E-state index >= 15 is 0 Å². The number of nitrogens with zero attached hydrogens (tertiary/aromatic N) is 3. The van der Waals surface area contributed by atoms with Crippen LogP contribution in [-0.4, -0.2) is 34.7 Å². The van der Waals surface area contributed by atoms with Gasteiger partial charge in [-0.05, 0) is 77.1 Å². The van der Waals surface area contributed by atoms with E-state index in [1.165, 1.54) is 17.4 Å². The Morgan fingerprint density at radius 2 is 1.74 bits per heavy atom. The number of aromatic nitrogens is 2. The van der Waals surface area contributed by atoms with Crippen molar-refractivity contribution in [2.75, 3.05) is 23.0 Å². The molecule has 5 nitrogen and oxygen atoms in total. The number of rotatable bonds is 8. The summed E-state index contributed by atoms with van der Waals surface area (Å²) < 4.78 is 0. The van der Waals surface area contributed by atoms with Crippen molar-refractivity contribution in [3.8, 4) is 0 Å². The zero-order valence-corrected chi connectivity index (χ0v) is 18.0. The van der Waals surface area contributed by atoms with Gasteiger partial charge in [0.1, 0.15) is 0 Å². The Bertz CT molecular complexity index is 751. The number of aryl methyl sites for hydroxylation is 2. The first-order chi connectivity index (χ1) is 12.8. The molecule has 0 aliphatic heterocycles. The van der Waals surface area contributed by atoms with Crippen molar-refractivity contribution < 1.29 is 4.79 Å². The molecule has 2 aromatic rings. The summed E-state index contributed by atoms with van der Waals surface area (Å²) in [6.45, 7) is 11.4. The zero-order valence-electron chi connectivity index (χ0n) is 17.2. The van der Waals surface area contributed by atoms with E-state index in [1.807, 2.05) is 32.2 Å². The molecule has 0 atom stereocenters. The van der Waals surface area contributed by atoms with Crippen molar-refractivity contribution in [1.82, 2.24) is 9.97 Å². The Morgan fingerprint density at radius 1 is 1.15 bits per heavy atom. The van der Waals surface area contributed by atoms with Crippen LogP contribution >= 0.6 is 11.8 Å². The number of hydrogen-bond donors (Lipinski definition) is 1. The molecule has 0 unspecified atom stereocenters. The second kappa shape index (κ2) is 9.74. The monoisotopic (exact) mass is 386 g/mol. The lowest BCUT2D eigenvalue weighted by atomic mass is 10.1. The van der Waals surface area contributed by atoms with Crippen LogP contribution < -0.4 is 10.2 Å². The highest BCUT2D eigenvalue weighted by atomic mass is 32.2. The molecule has 0 saturated heterocycles. The van der Waals surface area contributed by atoms with E-state index in [2.05, 4.69) is 53.1 Å². The minimum atomic E-state index is 0.00620. The van der Waals surface area contributed by atoms with E-state index in [4.69, 9.17) is 0 Å². The molecule has 0 aliphatic rings. The summed E-state index contributed by atoms with van der Waals surface area (Å²) in [7, 11) is 0. The molecule has 0 aliphatic carbocycles. The minimum absolute atomic E-state index is 0.00620. The van der Waals surface area contributed by atoms with Crippen LogP contribution in [-0.2, 0) is 11.2 Å². The van der Waals surface area contributed by atoms with Gasteiger partial charge in [0.2, 0.25) is 5.91 Å². The van der Waals surface area contributed by atoms with Crippen molar-refractivity contribution in [3.63, 3.8) is 0 Å². The maximum absolute atomic E-state index is 12.3. The van der Waals surface area contributed by atoms with Crippen LogP contribution in [0, 0.1) is 13.8 Å². The summed E-state index contributed by atoms with van der Waals surface area (Å²) >= 11 is 1.53. The van der Waals surface area contributed by atoms with Crippen molar-refractivity contribution in [3.05, 3.63) is 41.2 Å². The Kier molecular flexibility index (Phi) is 7.66. The summed E-state index contributed by atoms with van der Waals surface area (Å²) in [6.07, 6.45) is 3.03. The predicted molar refractivity (Wildman–Crippen MR) is 115 cm³/mol. The number of amides is 1. The normalized spacial score (nSPS) is 10.9. The fraction of sp³-hybridized carbons (Fsp3) is 0.476. The molecular weight excluding hydrogens is 356 g/mol. The van der Waals surface area contributed by atoms with Gasteiger partial charge < -0.3 is 10.2 Å². The lowest BCUT2D eigenvalue weighted by molar-refractivity contribution is -0.116. The van der Waals surface area contributed by atoms with E-state index < -0.39 is 0 Å². The molecule has 6 heteroatoms. The van der Waals surface area contributed by atoms with Crippen molar-refractivity contribution in [1.29, 1.82) is 0 Å². The van der Waals surface area contributed by atoms with Crippen LogP contribution in [0.4, 0.5) is 11.4 Å². The smallest absolute Gasteiger partial charge is 0.224 e. The molecule has 0 spiro atoms. The highest BCUT2D eigenvalue weighted by molar-refractivity contribution is 7.98. The number of benzene rings is 1. The third-order valence-corrected chi connectivity index (χ3v) is 5.18. The SMILES string of the molecule is CCN(c1ccc(NC(=O)CCc2c(C)nc(SC)nc2C)cc1)C(C)C. The maximum atomic E-state index is 12.3. The second-order valence-corrected chi connectivity index (χ2v) is 7.61. The fourth-order valence-corrected chi connectivity index (χ4v) is 3.66. The summed E-state index contributed by atoms with van der Waals surface area (Å²) in [5.41, 5.74) is 4.97. The quantitative estimate of drug-likeness (QED) is 0.530. The molecule has 1 aromatic carbocycles. The molecule has 1 aromatic heterocycles. The molecular formula is C21H30N4OS. The summed E-state index contributed by atoms with van der Waals surface area (Å²) in [4.78, 5) is 23.6. The molecule has 1 heterocycles. The van der Waals surface area contributed by atoms with Crippen LogP contribution in [0.1, 0.15) is 44.1 Å². The van der Waals surface area contributed by atoms with Gasteiger partial charge >= 0.3 is 0 Å². The zero-order chi connectivity index (χ0) is 20.0. The molecule has 2 rings (SSSR count).